The van der Waals surface area contributed by atoms with Crippen molar-refractivity contribution >= 4 is 28.7 Å². The molecule has 0 spiro atoms. The number of H-pyrrole nitrogens is 1. The van der Waals surface area contributed by atoms with E-state index in [2.05, 4.69) is 15.3 Å². The molecule has 2 aromatic heterocycles. The molecule has 5 rings (SSSR count). The highest BCUT2D eigenvalue weighted by molar-refractivity contribution is 6.04. The van der Waals surface area contributed by atoms with E-state index in [-0.39, 0.29) is 5.91 Å². The van der Waals surface area contributed by atoms with Crippen molar-refractivity contribution in [3.8, 4) is 28.0 Å². The Morgan fingerprint density at radius 1 is 1.03 bits per heavy atom. The van der Waals surface area contributed by atoms with Gasteiger partial charge < -0.3 is 19.4 Å². The summed E-state index contributed by atoms with van der Waals surface area (Å²) >= 11 is 0. The van der Waals surface area contributed by atoms with Gasteiger partial charge in [-0.2, -0.15) is 0 Å². The summed E-state index contributed by atoms with van der Waals surface area (Å²) in [7, 11) is 2.94. The molecule has 2 N–H and O–H groups in total. The number of hydrogen-bond donors (Lipinski definition) is 2. The number of likely N-dealkylation sites (tertiary alicyclic amines) is 1. The number of ether oxygens (including phenoxy) is 2. The number of nitrogens with one attached hydrogen (secondary N) is 2. The summed E-state index contributed by atoms with van der Waals surface area (Å²) in [5, 5.41) is 3.59. The van der Waals surface area contributed by atoms with E-state index in [1.807, 2.05) is 42.6 Å². The quantitative estimate of drug-likeness (QED) is 0.444. The van der Waals surface area contributed by atoms with E-state index in [9.17, 15) is 9.59 Å². The van der Waals surface area contributed by atoms with Crippen LogP contribution in [0.15, 0.2) is 60.9 Å². The zero-order chi connectivity index (χ0) is 23.7. The van der Waals surface area contributed by atoms with Gasteiger partial charge in [-0.25, -0.2) is 9.78 Å². The molecule has 34 heavy (non-hydrogen) atoms. The molecule has 2 amide bonds. The second-order valence-corrected chi connectivity index (χ2v) is 8.05. The van der Waals surface area contributed by atoms with Gasteiger partial charge in [0.05, 0.1) is 25.5 Å². The van der Waals surface area contributed by atoms with Crippen molar-refractivity contribution in [2.75, 3.05) is 32.6 Å². The van der Waals surface area contributed by atoms with Crippen molar-refractivity contribution < 1.29 is 19.1 Å². The Balaban J connectivity index is 1.59. The van der Waals surface area contributed by atoms with E-state index >= 15 is 0 Å². The number of para-hydroxylation sites is 1. The van der Waals surface area contributed by atoms with Gasteiger partial charge in [0.1, 0.15) is 11.4 Å². The van der Waals surface area contributed by atoms with Crippen molar-refractivity contribution in [3.05, 3.63) is 66.5 Å². The maximum absolute atomic E-state index is 13.1. The van der Waals surface area contributed by atoms with Gasteiger partial charge in [0.2, 0.25) is 0 Å². The number of aromatic amines is 1. The van der Waals surface area contributed by atoms with E-state index in [1.165, 1.54) is 7.11 Å². The van der Waals surface area contributed by atoms with Crippen molar-refractivity contribution in [3.63, 3.8) is 0 Å². The normalized spacial score (nSPS) is 12.8. The van der Waals surface area contributed by atoms with E-state index < -0.39 is 6.09 Å². The van der Waals surface area contributed by atoms with Gasteiger partial charge in [-0.15, -0.1) is 0 Å². The average molecular weight is 457 g/mol. The zero-order valence-electron chi connectivity index (χ0n) is 18.9. The topological polar surface area (TPSA) is 96.5 Å². The number of carbonyl (C=O) groups is 2. The molecule has 0 atom stereocenters. The third-order valence-electron chi connectivity index (χ3n) is 6.08. The molecule has 8 heteroatoms. The van der Waals surface area contributed by atoms with Crippen LogP contribution in [0.5, 0.6) is 5.75 Å². The fourth-order valence-corrected chi connectivity index (χ4v) is 4.11. The Labute approximate surface area is 196 Å². The first-order valence-electron chi connectivity index (χ1n) is 11.0. The molecule has 0 radical (unpaired) electrons. The lowest BCUT2D eigenvalue weighted by Gasteiger charge is -2.31. The molecule has 1 fully saturated rings. The number of methoxy groups -OCH3 is 2. The SMILES string of the molecule is COC(=O)Nc1ccc(-c2cnc3[nH]cc(-c4ccccc4OC)c3c2)cc1C(=O)N1CCC1. The Morgan fingerprint density at radius 3 is 2.59 bits per heavy atom. The number of nitrogens with zero attached hydrogens (tertiary/aromatic N) is 2. The number of pyridine rings is 1. The van der Waals surface area contributed by atoms with Crippen molar-refractivity contribution in [1.29, 1.82) is 0 Å². The molecule has 0 aliphatic carbocycles. The Kier molecular flexibility index (Phi) is 5.63. The summed E-state index contributed by atoms with van der Waals surface area (Å²) in [5.74, 6) is 0.652. The second-order valence-electron chi connectivity index (χ2n) is 8.05. The van der Waals surface area contributed by atoms with Crippen LogP contribution in [0, 0.1) is 0 Å². The summed E-state index contributed by atoms with van der Waals surface area (Å²) in [6, 6.07) is 15.2. The van der Waals surface area contributed by atoms with Crippen molar-refractivity contribution in [2.45, 2.75) is 6.42 Å². The predicted molar refractivity (Wildman–Crippen MR) is 130 cm³/mol. The number of rotatable bonds is 5. The Hall–Kier alpha value is -4.33. The number of fused-ring (bicyclic) bond motifs is 1. The number of aromatic nitrogens is 2. The van der Waals surface area contributed by atoms with Crippen LogP contribution >= 0.6 is 0 Å². The summed E-state index contributed by atoms with van der Waals surface area (Å²) in [4.78, 5) is 34.5. The molecular formula is C26H24N4O4. The summed E-state index contributed by atoms with van der Waals surface area (Å²) in [6.45, 7) is 1.42. The molecule has 2 aromatic carbocycles. The van der Waals surface area contributed by atoms with Crippen LogP contribution in [0.3, 0.4) is 0 Å². The van der Waals surface area contributed by atoms with Gasteiger partial charge in [0.15, 0.2) is 0 Å². The molecule has 0 bridgehead atoms. The summed E-state index contributed by atoms with van der Waals surface area (Å²) in [5.41, 5.74) is 5.20. The van der Waals surface area contributed by atoms with E-state index in [1.54, 1.807) is 30.3 Å². The smallest absolute Gasteiger partial charge is 0.411 e. The van der Waals surface area contributed by atoms with Crippen LogP contribution in [-0.2, 0) is 4.74 Å². The van der Waals surface area contributed by atoms with Gasteiger partial charge in [-0.1, -0.05) is 24.3 Å². The fraction of sp³-hybridized carbons (Fsp3) is 0.192. The molecular weight excluding hydrogens is 432 g/mol. The van der Waals surface area contributed by atoms with Crippen LogP contribution in [0.25, 0.3) is 33.3 Å². The van der Waals surface area contributed by atoms with E-state index in [0.29, 0.717) is 24.3 Å². The standard InChI is InChI=1S/C26H24N4O4/c1-33-23-7-4-3-6-18(23)21-15-28-24-19(21)13-17(14-27-24)16-8-9-22(29-26(32)34-2)20(12-16)25(31)30-10-5-11-30/h3-4,6-9,12-15H,5,10-11H2,1-2H3,(H,27,28)(H,29,32). The largest absolute Gasteiger partial charge is 0.496 e. The Bertz CT molecular complexity index is 1390. The molecule has 3 heterocycles. The molecule has 4 aromatic rings. The second kappa shape index (κ2) is 8.90. The third kappa shape index (κ3) is 3.83. The molecule has 1 aliphatic heterocycles. The molecule has 1 saturated heterocycles. The molecule has 0 saturated carbocycles. The first-order chi connectivity index (χ1) is 16.6. The molecule has 0 unspecified atom stereocenters. The Morgan fingerprint density at radius 2 is 1.85 bits per heavy atom. The van der Waals surface area contributed by atoms with E-state index in [0.717, 1.165) is 45.5 Å². The lowest BCUT2D eigenvalue weighted by molar-refractivity contribution is 0.0653. The van der Waals surface area contributed by atoms with Crippen molar-refractivity contribution in [2.24, 2.45) is 0 Å². The maximum atomic E-state index is 13.1. The number of anilines is 1. The minimum atomic E-state index is -0.623. The minimum Gasteiger partial charge on any atom is -0.496 e. The first kappa shape index (κ1) is 21.5. The number of benzene rings is 2. The lowest BCUT2D eigenvalue weighted by Crippen LogP contribution is -2.42. The maximum Gasteiger partial charge on any atom is 0.411 e. The van der Waals surface area contributed by atoms with Crippen LogP contribution in [-0.4, -0.2) is 54.2 Å². The first-order valence-corrected chi connectivity index (χ1v) is 11.0. The zero-order valence-corrected chi connectivity index (χ0v) is 18.9. The third-order valence-corrected chi connectivity index (χ3v) is 6.08. The van der Waals surface area contributed by atoms with Gasteiger partial charge in [-0.05, 0) is 36.2 Å². The lowest BCUT2D eigenvalue weighted by atomic mass is 9.99. The van der Waals surface area contributed by atoms with Gasteiger partial charge in [0, 0.05) is 47.6 Å². The summed E-state index contributed by atoms with van der Waals surface area (Å²) < 4.78 is 10.3. The highest BCUT2D eigenvalue weighted by atomic mass is 16.5. The van der Waals surface area contributed by atoms with Gasteiger partial charge in [-0.3, -0.25) is 10.1 Å². The van der Waals surface area contributed by atoms with Crippen molar-refractivity contribution in [1.82, 2.24) is 14.9 Å². The van der Waals surface area contributed by atoms with Crippen LogP contribution in [0.2, 0.25) is 0 Å². The highest BCUT2D eigenvalue weighted by Gasteiger charge is 2.25. The van der Waals surface area contributed by atoms with Crippen LogP contribution in [0.4, 0.5) is 10.5 Å². The average Bonchev–Trinajstić information content (AvgIpc) is 3.26. The number of carbonyl (C=O) groups excluding carboxylic acids is 2. The monoisotopic (exact) mass is 456 g/mol. The molecule has 8 nitrogen and oxygen atoms in total. The van der Waals surface area contributed by atoms with Gasteiger partial charge in [0.25, 0.3) is 5.91 Å². The highest BCUT2D eigenvalue weighted by Crippen LogP contribution is 2.36. The predicted octanol–water partition coefficient (Wildman–Crippen LogP) is 4.93. The summed E-state index contributed by atoms with van der Waals surface area (Å²) in [6.07, 6.45) is 4.04. The minimum absolute atomic E-state index is 0.120. The number of hydrogen-bond acceptors (Lipinski definition) is 5. The van der Waals surface area contributed by atoms with E-state index in [4.69, 9.17) is 9.47 Å². The molecule has 1 aliphatic rings. The fourth-order valence-electron chi connectivity index (χ4n) is 4.11. The van der Waals surface area contributed by atoms with Gasteiger partial charge >= 0.3 is 6.09 Å². The van der Waals surface area contributed by atoms with Crippen LogP contribution in [0.1, 0.15) is 16.8 Å². The molecule has 172 valence electrons. The number of amides is 2. The van der Waals surface area contributed by atoms with Crippen LogP contribution < -0.4 is 10.1 Å².